The highest BCUT2D eigenvalue weighted by Gasteiger charge is 2.22. The van der Waals surface area contributed by atoms with Crippen LogP contribution in [0.3, 0.4) is 0 Å². The van der Waals surface area contributed by atoms with Crippen LogP contribution in [0, 0.1) is 24.7 Å². The Morgan fingerprint density at radius 3 is 2.64 bits per heavy atom. The Bertz CT molecular complexity index is 872. The lowest BCUT2D eigenvalue weighted by Crippen LogP contribution is -2.44. The molecule has 222 valence electrons. The molecule has 2 fully saturated rings. The molecule has 39 heavy (non-hydrogen) atoms. The van der Waals surface area contributed by atoms with E-state index in [4.69, 9.17) is 21.1 Å². The third-order valence-electron chi connectivity index (χ3n) is 7.09. The minimum atomic E-state index is -0.279. The van der Waals surface area contributed by atoms with Crippen LogP contribution in [0.2, 0.25) is 0 Å². The highest BCUT2D eigenvalue weighted by Crippen LogP contribution is 2.22. The molecule has 2 heterocycles. The van der Waals surface area contributed by atoms with E-state index in [9.17, 15) is 4.79 Å². The Hall–Kier alpha value is -2.17. The van der Waals surface area contributed by atoms with E-state index in [2.05, 4.69) is 22.5 Å². The maximum absolute atomic E-state index is 12.4. The van der Waals surface area contributed by atoms with Crippen LogP contribution in [0.15, 0.2) is 35.7 Å². The summed E-state index contributed by atoms with van der Waals surface area (Å²) in [6, 6.07) is 7.80. The largest absolute Gasteiger partial charge is 0.393 e. The highest BCUT2D eigenvalue weighted by atomic mass is 16.5. The van der Waals surface area contributed by atoms with E-state index in [0.29, 0.717) is 31.2 Å². The molecule has 6 N–H and O–H groups in total. The van der Waals surface area contributed by atoms with Gasteiger partial charge in [0, 0.05) is 39.9 Å². The summed E-state index contributed by atoms with van der Waals surface area (Å²) in [6.07, 6.45) is 3.71. The number of ether oxygens (including phenoxy) is 2. The van der Waals surface area contributed by atoms with Gasteiger partial charge in [0.15, 0.2) is 0 Å². The van der Waals surface area contributed by atoms with Crippen molar-refractivity contribution in [3.8, 4) is 0 Å². The summed E-state index contributed by atoms with van der Waals surface area (Å²) in [4.78, 5) is 14.9. The van der Waals surface area contributed by atoms with E-state index in [0.717, 1.165) is 62.2 Å². The molecule has 2 atom stereocenters. The van der Waals surface area contributed by atoms with Gasteiger partial charge in [-0.15, -0.1) is 0 Å². The molecule has 2 saturated heterocycles. The van der Waals surface area contributed by atoms with Crippen molar-refractivity contribution in [2.45, 2.75) is 53.4 Å². The third-order valence-corrected chi connectivity index (χ3v) is 7.09. The molecule has 9 nitrogen and oxygen atoms in total. The van der Waals surface area contributed by atoms with Gasteiger partial charge in [0.1, 0.15) is 5.70 Å². The number of carbonyl (C=O) groups excluding carboxylic acids is 1. The lowest BCUT2D eigenvalue weighted by atomic mass is 9.91. The maximum atomic E-state index is 12.4. The van der Waals surface area contributed by atoms with E-state index in [-0.39, 0.29) is 11.6 Å². The van der Waals surface area contributed by atoms with Gasteiger partial charge in [0.25, 0.3) is 5.91 Å². The fourth-order valence-corrected chi connectivity index (χ4v) is 4.94. The lowest BCUT2D eigenvalue weighted by molar-refractivity contribution is -0.117. The zero-order chi connectivity index (χ0) is 28.6. The molecule has 2 aliphatic rings. The van der Waals surface area contributed by atoms with E-state index < -0.39 is 0 Å². The number of methoxy groups -OCH3 is 1. The van der Waals surface area contributed by atoms with Crippen LogP contribution in [-0.2, 0) is 14.3 Å². The molecule has 9 heteroatoms. The molecule has 0 saturated carbocycles. The summed E-state index contributed by atoms with van der Waals surface area (Å²) in [5.74, 6) is 8.09. The Morgan fingerprint density at radius 1 is 1.26 bits per heavy atom. The second-order valence-corrected chi connectivity index (χ2v) is 11.4. The van der Waals surface area contributed by atoms with Crippen molar-refractivity contribution >= 4 is 11.6 Å². The molecule has 1 unspecified atom stereocenters. The lowest BCUT2D eigenvalue weighted by Gasteiger charge is -2.34. The van der Waals surface area contributed by atoms with Crippen molar-refractivity contribution in [2.75, 3.05) is 71.2 Å². The van der Waals surface area contributed by atoms with Crippen LogP contribution in [0.25, 0.3) is 0 Å². The summed E-state index contributed by atoms with van der Waals surface area (Å²) in [5, 5.41) is 7.89. The van der Waals surface area contributed by atoms with Gasteiger partial charge in [-0.3, -0.25) is 14.7 Å². The molecule has 0 radical (unpaired) electrons. The number of carbonyl (C=O) groups is 1. The fourth-order valence-electron chi connectivity index (χ4n) is 4.94. The number of nitrogens with two attached hydrogens (primary N) is 2. The van der Waals surface area contributed by atoms with Crippen LogP contribution in [-0.4, -0.2) is 77.0 Å². The van der Waals surface area contributed by atoms with E-state index in [1.807, 2.05) is 45.0 Å². The molecule has 1 aromatic carbocycles. The monoisotopic (exact) mass is 546 g/mol. The Kier molecular flexibility index (Phi) is 15.4. The van der Waals surface area contributed by atoms with Gasteiger partial charge in [0.2, 0.25) is 0 Å². The number of hydrogen-bond acceptors (Lipinski definition) is 8. The number of anilines is 1. The second kappa shape index (κ2) is 18.2. The van der Waals surface area contributed by atoms with Gasteiger partial charge in [-0.05, 0) is 81.1 Å². The minimum absolute atomic E-state index is 0.169. The first-order chi connectivity index (χ1) is 18.7. The van der Waals surface area contributed by atoms with Crippen molar-refractivity contribution in [1.82, 2.24) is 15.5 Å². The minimum Gasteiger partial charge on any atom is -0.393 e. The van der Waals surface area contributed by atoms with Gasteiger partial charge >= 0.3 is 0 Å². The molecule has 2 aliphatic heterocycles. The fraction of sp³-hybridized carbons (Fsp3) is 0.700. The van der Waals surface area contributed by atoms with E-state index in [1.165, 1.54) is 31.1 Å². The molecule has 3 rings (SSSR count). The van der Waals surface area contributed by atoms with Crippen molar-refractivity contribution in [1.29, 1.82) is 0 Å². The molecule has 0 bridgehead atoms. The smallest absolute Gasteiger partial charge is 0.269 e. The first kappa shape index (κ1) is 33.0. The molecule has 1 amide bonds. The van der Waals surface area contributed by atoms with Crippen molar-refractivity contribution in [2.24, 2.45) is 29.3 Å². The number of morpholine rings is 1. The molecular weight excluding hydrogens is 492 g/mol. The first-order valence-electron chi connectivity index (χ1n) is 14.6. The van der Waals surface area contributed by atoms with Crippen LogP contribution in [0.4, 0.5) is 5.69 Å². The summed E-state index contributed by atoms with van der Waals surface area (Å²) in [6.45, 7) is 17.5. The normalized spacial score (nSPS) is 20.6. The number of hydrogen-bond donors (Lipinski definition) is 4. The summed E-state index contributed by atoms with van der Waals surface area (Å²) in [7, 11) is 1.67. The molecule has 0 aliphatic carbocycles. The number of amides is 1. The predicted octanol–water partition coefficient (Wildman–Crippen LogP) is 3.00. The second-order valence-electron chi connectivity index (χ2n) is 11.4. The number of allylic oxidation sites excluding steroid dienone is 1. The van der Waals surface area contributed by atoms with Crippen LogP contribution in [0.1, 0.15) is 52.0 Å². The maximum Gasteiger partial charge on any atom is 0.269 e. The van der Waals surface area contributed by atoms with Crippen LogP contribution >= 0.6 is 0 Å². The highest BCUT2D eigenvalue weighted by molar-refractivity contribution is 5.93. The number of hydrazine groups is 1. The number of benzene rings is 1. The van der Waals surface area contributed by atoms with Gasteiger partial charge in [0.05, 0.1) is 24.6 Å². The van der Waals surface area contributed by atoms with Crippen molar-refractivity contribution < 1.29 is 14.3 Å². The molecule has 1 aromatic rings. The Morgan fingerprint density at radius 2 is 2.00 bits per heavy atom. The first-order valence-corrected chi connectivity index (χ1v) is 14.6. The number of aryl methyl sites for hydroxylation is 1. The summed E-state index contributed by atoms with van der Waals surface area (Å²) < 4.78 is 10.4. The van der Waals surface area contributed by atoms with E-state index in [1.54, 1.807) is 7.11 Å². The average Bonchev–Trinajstić information content (AvgIpc) is 2.92. The molecular formula is C30H54N6O3. The third kappa shape index (κ3) is 12.7. The molecule has 0 spiro atoms. The zero-order valence-corrected chi connectivity index (χ0v) is 25.0. The SMILES string of the molecule is COCCCC/C(=C(/N)C(=O)NCC(C)C)N(N)c1cccc(C)c1.C[C@@H]1CNCC(CN2CCOCC2)C1. The average molecular weight is 547 g/mol. The predicted molar refractivity (Wildman–Crippen MR) is 160 cm³/mol. The Labute approximate surface area is 236 Å². The summed E-state index contributed by atoms with van der Waals surface area (Å²) in [5.41, 5.74) is 8.85. The standard InChI is InChI=1S/C19H32N4O2.C11H22N2O/c1-14(2)13-22-19(24)18(20)17(10-5-6-11-25-4)23(21)16-9-7-8-15(3)12-16;1-10-6-11(8-12-7-10)9-13-2-4-14-5-3-13/h7-9,12,14H,5-6,10-11,13,20-21H2,1-4H3,(H,22,24);10-12H,2-9H2,1H3/b18-17-;/t;10-,11?/m.0/s1. The molecule has 0 aromatic heterocycles. The van der Waals surface area contributed by atoms with Gasteiger partial charge < -0.3 is 25.8 Å². The van der Waals surface area contributed by atoms with Crippen molar-refractivity contribution in [3.63, 3.8) is 0 Å². The number of piperidine rings is 1. The van der Waals surface area contributed by atoms with Gasteiger partial charge in [-0.1, -0.05) is 32.9 Å². The number of rotatable bonds is 12. The van der Waals surface area contributed by atoms with Crippen molar-refractivity contribution in [3.05, 3.63) is 41.2 Å². The summed E-state index contributed by atoms with van der Waals surface area (Å²) >= 11 is 0. The zero-order valence-electron chi connectivity index (χ0n) is 25.0. The van der Waals surface area contributed by atoms with Gasteiger partial charge in [-0.25, -0.2) is 5.84 Å². The van der Waals surface area contributed by atoms with E-state index >= 15 is 0 Å². The number of nitrogens with one attached hydrogen (secondary N) is 2. The Balaban J connectivity index is 0.000000318. The van der Waals surface area contributed by atoms with Gasteiger partial charge in [-0.2, -0.15) is 0 Å². The van der Waals surface area contributed by atoms with Crippen LogP contribution in [0.5, 0.6) is 0 Å². The number of unbranched alkanes of at least 4 members (excludes halogenated alkanes) is 1. The topological polar surface area (TPSA) is 118 Å². The quantitative estimate of drug-likeness (QED) is 0.137. The number of nitrogens with zero attached hydrogens (tertiary/aromatic N) is 2. The van der Waals surface area contributed by atoms with Crippen LogP contribution < -0.4 is 27.2 Å².